The van der Waals surface area contributed by atoms with Gasteiger partial charge in [-0.05, 0) is 30.2 Å². The first-order valence-corrected chi connectivity index (χ1v) is 9.73. The van der Waals surface area contributed by atoms with E-state index in [-0.39, 0.29) is 5.91 Å². The van der Waals surface area contributed by atoms with Crippen LogP contribution in [0.15, 0.2) is 66.9 Å². The zero-order chi connectivity index (χ0) is 19.2. The minimum absolute atomic E-state index is 0.0395. The number of benzene rings is 2. The number of carbonyl (C=O) groups is 1. The molecule has 1 aromatic heterocycles. The lowest BCUT2D eigenvalue weighted by Gasteiger charge is -2.34. The van der Waals surface area contributed by atoms with Gasteiger partial charge in [0, 0.05) is 38.8 Å². The lowest BCUT2D eigenvalue weighted by molar-refractivity contribution is -0.127. The summed E-state index contributed by atoms with van der Waals surface area (Å²) in [5.74, 6) is 0.0395. The van der Waals surface area contributed by atoms with Crippen LogP contribution in [0.25, 0.3) is 17.1 Å². The van der Waals surface area contributed by atoms with Crippen LogP contribution < -0.4 is 0 Å². The highest BCUT2D eigenvalue weighted by Gasteiger charge is 2.19. The number of piperazine rings is 1. The van der Waals surface area contributed by atoms with Crippen LogP contribution in [0.5, 0.6) is 0 Å². The molecule has 5 heteroatoms. The van der Waals surface area contributed by atoms with Gasteiger partial charge in [-0.3, -0.25) is 14.7 Å². The van der Waals surface area contributed by atoms with E-state index in [4.69, 9.17) is 0 Å². The van der Waals surface area contributed by atoms with Crippen LogP contribution in [-0.2, 0) is 11.2 Å². The molecule has 5 nitrogen and oxygen atoms in total. The molecule has 2 aromatic carbocycles. The number of hydrogen-bond acceptors (Lipinski definition) is 4. The third kappa shape index (κ3) is 4.61. The molecular formula is C23H24N4O. The van der Waals surface area contributed by atoms with Crippen molar-refractivity contribution < 1.29 is 4.79 Å². The number of aromatic nitrogens is 2. The highest BCUT2D eigenvalue weighted by molar-refractivity contribution is 5.91. The molecule has 28 heavy (non-hydrogen) atoms. The third-order valence-electron chi connectivity index (χ3n) is 5.11. The molecule has 1 saturated heterocycles. The molecule has 0 N–H and O–H groups in total. The van der Waals surface area contributed by atoms with Crippen molar-refractivity contribution in [2.24, 2.45) is 0 Å². The Balaban J connectivity index is 1.28. The van der Waals surface area contributed by atoms with Gasteiger partial charge in [-0.15, -0.1) is 0 Å². The average Bonchev–Trinajstić information content (AvgIpc) is 2.77. The third-order valence-corrected chi connectivity index (χ3v) is 5.11. The Morgan fingerprint density at radius 3 is 2.43 bits per heavy atom. The second-order valence-corrected chi connectivity index (χ2v) is 7.02. The topological polar surface area (TPSA) is 49.3 Å². The SMILES string of the molecule is O=C(C=Cc1cnc2ccccc2n1)N1CCN(CCc2ccccc2)CC1. The summed E-state index contributed by atoms with van der Waals surface area (Å²) in [4.78, 5) is 25.7. The van der Waals surface area contributed by atoms with Gasteiger partial charge < -0.3 is 4.90 Å². The minimum Gasteiger partial charge on any atom is -0.337 e. The number of fused-ring (bicyclic) bond motifs is 1. The fourth-order valence-corrected chi connectivity index (χ4v) is 3.44. The smallest absolute Gasteiger partial charge is 0.246 e. The van der Waals surface area contributed by atoms with E-state index in [1.807, 2.05) is 35.2 Å². The number of hydrogen-bond donors (Lipinski definition) is 0. The van der Waals surface area contributed by atoms with Crippen LogP contribution in [0.4, 0.5) is 0 Å². The Bertz CT molecular complexity index is 963. The number of amides is 1. The van der Waals surface area contributed by atoms with E-state index < -0.39 is 0 Å². The maximum Gasteiger partial charge on any atom is 0.246 e. The van der Waals surface area contributed by atoms with Gasteiger partial charge in [-0.1, -0.05) is 42.5 Å². The van der Waals surface area contributed by atoms with E-state index in [9.17, 15) is 4.79 Å². The van der Waals surface area contributed by atoms with Crippen molar-refractivity contribution in [3.05, 3.63) is 78.1 Å². The van der Waals surface area contributed by atoms with Gasteiger partial charge in [0.15, 0.2) is 0 Å². The van der Waals surface area contributed by atoms with Crippen molar-refractivity contribution in [3.8, 4) is 0 Å². The maximum atomic E-state index is 12.5. The van der Waals surface area contributed by atoms with Crippen LogP contribution in [0.1, 0.15) is 11.3 Å². The van der Waals surface area contributed by atoms with E-state index in [1.54, 1.807) is 18.3 Å². The van der Waals surface area contributed by atoms with E-state index in [0.717, 1.165) is 50.2 Å². The molecule has 0 bridgehead atoms. The quantitative estimate of drug-likeness (QED) is 0.646. The molecule has 1 fully saturated rings. The molecule has 1 aliphatic heterocycles. The van der Waals surface area contributed by atoms with Gasteiger partial charge in [0.1, 0.15) is 0 Å². The number of carbonyl (C=O) groups excluding carboxylic acids is 1. The van der Waals surface area contributed by atoms with Crippen molar-refractivity contribution >= 4 is 23.0 Å². The highest BCUT2D eigenvalue weighted by Crippen LogP contribution is 2.10. The molecule has 0 aliphatic carbocycles. The van der Waals surface area contributed by atoms with Gasteiger partial charge in [-0.2, -0.15) is 0 Å². The molecule has 0 saturated carbocycles. The number of nitrogens with zero attached hydrogens (tertiary/aromatic N) is 4. The van der Waals surface area contributed by atoms with Gasteiger partial charge in [-0.25, -0.2) is 4.98 Å². The molecule has 1 aliphatic rings. The number of rotatable bonds is 5. The Labute approximate surface area is 165 Å². The van der Waals surface area contributed by atoms with Crippen LogP contribution in [0.2, 0.25) is 0 Å². The molecule has 142 valence electrons. The second kappa shape index (κ2) is 8.76. The Morgan fingerprint density at radius 1 is 0.929 bits per heavy atom. The monoisotopic (exact) mass is 372 g/mol. The summed E-state index contributed by atoms with van der Waals surface area (Å²) in [5.41, 5.74) is 3.76. The lowest BCUT2D eigenvalue weighted by atomic mass is 10.1. The predicted molar refractivity (Wildman–Crippen MR) is 112 cm³/mol. The van der Waals surface area contributed by atoms with Crippen LogP contribution >= 0.6 is 0 Å². The van der Waals surface area contributed by atoms with Gasteiger partial charge in [0.05, 0.1) is 22.9 Å². The summed E-state index contributed by atoms with van der Waals surface area (Å²) in [5, 5.41) is 0. The number of para-hydroxylation sites is 2. The van der Waals surface area contributed by atoms with Gasteiger partial charge in [0.2, 0.25) is 5.91 Å². The van der Waals surface area contributed by atoms with Gasteiger partial charge in [0.25, 0.3) is 0 Å². The van der Waals surface area contributed by atoms with Crippen molar-refractivity contribution in [1.29, 1.82) is 0 Å². The lowest BCUT2D eigenvalue weighted by Crippen LogP contribution is -2.48. The van der Waals surface area contributed by atoms with Crippen molar-refractivity contribution in [1.82, 2.24) is 19.8 Å². The molecule has 0 atom stereocenters. The van der Waals surface area contributed by atoms with E-state index >= 15 is 0 Å². The van der Waals surface area contributed by atoms with Gasteiger partial charge >= 0.3 is 0 Å². The zero-order valence-electron chi connectivity index (χ0n) is 15.9. The van der Waals surface area contributed by atoms with Crippen molar-refractivity contribution in [2.75, 3.05) is 32.7 Å². The summed E-state index contributed by atoms with van der Waals surface area (Å²) in [7, 11) is 0. The normalized spacial score (nSPS) is 15.4. The van der Waals surface area contributed by atoms with Crippen LogP contribution in [0, 0.1) is 0 Å². The van der Waals surface area contributed by atoms with Crippen LogP contribution in [0.3, 0.4) is 0 Å². The maximum absolute atomic E-state index is 12.5. The molecule has 4 rings (SSSR count). The predicted octanol–water partition coefficient (Wildman–Crippen LogP) is 3.03. The van der Waals surface area contributed by atoms with E-state index in [0.29, 0.717) is 5.69 Å². The molecule has 3 aromatic rings. The first-order chi connectivity index (χ1) is 13.8. The Kier molecular flexibility index (Phi) is 5.73. The average molecular weight is 372 g/mol. The molecule has 2 heterocycles. The molecule has 1 amide bonds. The highest BCUT2D eigenvalue weighted by atomic mass is 16.2. The summed E-state index contributed by atoms with van der Waals surface area (Å²) in [6.45, 7) is 4.40. The molecule has 0 unspecified atom stereocenters. The van der Waals surface area contributed by atoms with Crippen LogP contribution in [-0.4, -0.2) is 58.4 Å². The zero-order valence-corrected chi connectivity index (χ0v) is 15.9. The molecule has 0 spiro atoms. The second-order valence-electron chi connectivity index (χ2n) is 7.02. The standard InChI is InChI=1S/C23H24N4O/c28-23(11-10-20-18-24-21-8-4-5-9-22(21)25-20)27-16-14-26(15-17-27)13-12-19-6-2-1-3-7-19/h1-11,18H,12-17H2. The first-order valence-electron chi connectivity index (χ1n) is 9.73. The summed E-state index contributed by atoms with van der Waals surface area (Å²) >= 11 is 0. The Morgan fingerprint density at radius 2 is 1.64 bits per heavy atom. The summed E-state index contributed by atoms with van der Waals surface area (Å²) in [6, 6.07) is 18.3. The van der Waals surface area contributed by atoms with Crippen molar-refractivity contribution in [2.45, 2.75) is 6.42 Å². The molecule has 0 radical (unpaired) electrons. The summed E-state index contributed by atoms with van der Waals surface area (Å²) in [6.07, 6.45) is 6.12. The van der Waals surface area contributed by atoms with Crippen molar-refractivity contribution in [3.63, 3.8) is 0 Å². The van der Waals surface area contributed by atoms with E-state index in [2.05, 4.69) is 39.1 Å². The first kappa shape index (κ1) is 18.3. The fraction of sp³-hybridized carbons (Fsp3) is 0.261. The fourth-order valence-electron chi connectivity index (χ4n) is 3.44. The largest absolute Gasteiger partial charge is 0.337 e. The Hall–Kier alpha value is -3.05. The minimum atomic E-state index is 0.0395. The molecular weight excluding hydrogens is 348 g/mol. The van der Waals surface area contributed by atoms with E-state index in [1.165, 1.54) is 5.56 Å². The summed E-state index contributed by atoms with van der Waals surface area (Å²) < 4.78 is 0.